The highest BCUT2D eigenvalue weighted by Crippen LogP contribution is 2.02. The molecule has 0 spiro atoms. The van der Waals surface area contributed by atoms with Crippen LogP contribution in [0.3, 0.4) is 0 Å². The van der Waals surface area contributed by atoms with E-state index in [1.165, 1.54) is 18.7 Å². The van der Waals surface area contributed by atoms with Crippen LogP contribution in [0.25, 0.3) is 0 Å². The quantitative estimate of drug-likeness (QED) is 0.679. The fourth-order valence-corrected chi connectivity index (χ4v) is 0.848. The van der Waals surface area contributed by atoms with Crippen LogP contribution in [0.15, 0.2) is 18.7 Å². The lowest BCUT2D eigenvalue weighted by Crippen LogP contribution is -2.33. The molecule has 0 atom stereocenters. The van der Waals surface area contributed by atoms with E-state index < -0.39 is 0 Å². The van der Waals surface area contributed by atoms with Crippen molar-refractivity contribution in [2.75, 3.05) is 7.05 Å². The third kappa shape index (κ3) is 2.24. The lowest BCUT2D eigenvalue weighted by molar-refractivity contribution is 0.0754. The average molecular weight is 179 g/mol. The second-order valence-corrected chi connectivity index (χ2v) is 3.14. The first kappa shape index (κ1) is 9.64. The Morgan fingerprint density at radius 3 is 2.38 bits per heavy atom. The minimum atomic E-state index is -0.0457. The van der Waals surface area contributed by atoms with E-state index in [1.807, 2.05) is 13.8 Å². The van der Waals surface area contributed by atoms with Crippen LogP contribution < -0.4 is 0 Å². The molecular weight excluding hydrogens is 166 g/mol. The first-order valence-corrected chi connectivity index (χ1v) is 4.15. The summed E-state index contributed by atoms with van der Waals surface area (Å²) in [7, 11) is 1.76. The van der Waals surface area contributed by atoms with Gasteiger partial charge in [-0.15, -0.1) is 0 Å². The predicted molar refractivity (Wildman–Crippen MR) is 49.3 cm³/mol. The molecule has 1 rings (SSSR count). The molecule has 0 saturated carbocycles. The van der Waals surface area contributed by atoms with Crippen molar-refractivity contribution in [1.29, 1.82) is 0 Å². The minimum absolute atomic E-state index is 0.0457. The highest BCUT2D eigenvalue weighted by atomic mass is 16.2. The van der Waals surface area contributed by atoms with Crippen molar-refractivity contribution in [1.82, 2.24) is 14.9 Å². The molecule has 4 heteroatoms. The third-order valence-electron chi connectivity index (χ3n) is 1.90. The summed E-state index contributed by atoms with van der Waals surface area (Å²) in [5, 5.41) is 0. The Morgan fingerprint density at radius 1 is 1.38 bits per heavy atom. The van der Waals surface area contributed by atoms with Gasteiger partial charge in [-0.1, -0.05) is 0 Å². The average Bonchev–Trinajstić information content (AvgIpc) is 2.17. The Hall–Kier alpha value is -1.45. The summed E-state index contributed by atoms with van der Waals surface area (Å²) in [4.78, 5) is 20.9. The summed E-state index contributed by atoms with van der Waals surface area (Å²) in [5.74, 6) is -0.0457. The summed E-state index contributed by atoms with van der Waals surface area (Å²) in [6, 6.07) is 0.188. The van der Waals surface area contributed by atoms with Crippen molar-refractivity contribution in [3.8, 4) is 0 Å². The second kappa shape index (κ2) is 3.98. The van der Waals surface area contributed by atoms with Crippen molar-refractivity contribution in [3.05, 3.63) is 24.3 Å². The number of hydrogen-bond donors (Lipinski definition) is 0. The van der Waals surface area contributed by atoms with E-state index >= 15 is 0 Å². The molecule has 0 N–H and O–H groups in total. The normalized spacial score (nSPS) is 10.2. The number of rotatable bonds is 2. The van der Waals surface area contributed by atoms with Crippen LogP contribution >= 0.6 is 0 Å². The first-order valence-electron chi connectivity index (χ1n) is 4.15. The summed E-state index contributed by atoms with van der Waals surface area (Å²) < 4.78 is 0. The maximum absolute atomic E-state index is 11.6. The molecule has 13 heavy (non-hydrogen) atoms. The van der Waals surface area contributed by atoms with E-state index in [-0.39, 0.29) is 11.9 Å². The Balaban J connectivity index is 2.80. The Kier molecular flexibility index (Phi) is 2.95. The van der Waals surface area contributed by atoms with E-state index in [0.717, 1.165) is 0 Å². The monoisotopic (exact) mass is 179 g/mol. The van der Waals surface area contributed by atoms with Crippen LogP contribution in [0.1, 0.15) is 24.2 Å². The molecule has 0 aliphatic heterocycles. The molecule has 0 unspecified atom stereocenters. The van der Waals surface area contributed by atoms with Gasteiger partial charge in [-0.2, -0.15) is 0 Å². The lowest BCUT2D eigenvalue weighted by atomic mass is 10.2. The molecule has 4 nitrogen and oxygen atoms in total. The zero-order chi connectivity index (χ0) is 9.84. The van der Waals surface area contributed by atoms with Gasteiger partial charge in [-0.05, 0) is 13.8 Å². The molecule has 1 heterocycles. The zero-order valence-corrected chi connectivity index (χ0v) is 8.06. The molecule has 0 radical (unpaired) electrons. The number of carbonyl (C=O) groups is 1. The zero-order valence-electron chi connectivity index (χ0n) is 8.06. The fraction of sp³-hybridized carbons (Fsp3) is 0.444. The van der Waals surface area contributed by atoms with E-state index in [4.69, 9.17) is 0 Å². The van der Waals surface area contributed by atoms with Gasteiger partial charge in [0.25, 0.3) is 5.91 Å². The Morgan fingerprint density at radius 2 is 1.92 bits per heavy atom. The summed E-state index contributed by atoms with van der Waals surface area (Å²) in [6.45, 7) is 3.92. The van der Waals surface area contributed by atoms with Crippen LogP contribution in [0.4, 0.5) is 0 Å². The van der Waals surface area contributed by atoms with Gasteiger partial charge in [0, 0.05) is 25.5 Å². The number of nitrogens with zero attached hydrogens (tertiary/aromatic N) is 3. The van der Waals surface area contributed by atoms with Gasteiger partial charge in [-0.25, -0.2) is 9.97 Å². The molecule has 70 valence electrons. The van der Waals surface area contributed by atoms with Crippen LogP contribution in [-0.4, -0.2) is 33.9 Å². The highest BCUT2D eigenvalue weighted by molar-refractivity contribution is 5.93. The molecule has 0 bridgehead atoms. The van der Waals surface area contributed by atoms with Crippen molar-refractivity contribution in [3.63, 3.8) is 0 Å². The number of amides is 1. The Labute approximate surface area is 77.6 Å². The molecule has 0 saturated heterocycles. The molecule has 0 fully saturated rings. The molecule has 0 aromatic carbocycles. The molecule has 1 aromatic heterocycles. The summed E-state index contributed by atoms with van der Waals surface area (Å²) in [6.07, 6.45) is 4.45. The SMILES string of the molecule is CC(C)N(C)C(=O)c1cncnc1. The summed E-state index contributed by atoms with van der Waals surface area (Å²) >= 11 is 0. The van der Waals surface area contributed by atoms with Crippen molar-refractivity contribution < 1.29 is 4.79 Å². The number of carbonyl (C=O) groups excluding carboxylic acids is 1. The summed E-state index contributed by atoms with van der Waals surface area (Å²) in [5.41, 5.74) is 0.527. The molecule has 1 amide bonds. The lowest BCUT2D eigenvalue weighted by Gasteiger charge is -2.20. The van der Waals surface area contributed by atoms with Crippen molar-refractivity contribution in [2.45, 2.75) is 19.9 Å². The Bertz CT molecular complexity index is 284. The van der Waals surface area contributed by atoms with E-state index in [0.29, 0.717) is 5.56 Å². The van der Waals surface area contributed by atoms with Crippen molar-refractivity contribution in [2.24, 2.45) is 0 Å². The van der Waals surface area contributed by atoms with Gasteiger partial charge < -0.3 is 4.90 Å². The largest absolute Gasteiger partial charge is 0.339 e. The van der Waals surface area contributed by atoms with E-state index in [9.17, 15) is 4.79 Å². The van der Waals surface area contributed by atoms with Gasteiger partial charge >= 0.3 is 0 Å². The molecule has 1 aromatic rings. The smallest absolute Gasteiger partial charge is 0.256 e. The van der Waals surface area contributed by atoms with Crippen molar-refractivity contribution >= 4 is 5.91 Å². The predicted octanol–water partition coefficient (Wildman–Crippen LogP) is 0.957. The van der Waals surface area contributed by atoms with Gasteiger partial charge in [0.1, 0.15) is 6.33 Å². The standard InChI is InChI=1S/C9H13N3O/c1-7(2)12(3)9(13)8-4-10-6-11-5-8/h4-7H,1-3H3. The molecule has 0 aliphatic rings. The molecular formula is C9H13N3O. The number of aromatic nitrogens is 2. The van der Waals surface area contributed by atoms with E-state index in [2.05, 4.69) is 9.97 Å². The van der Waals surface area contributed by atoms with Gasteiger partial charge in [0.05, 0.1) is 5.56 Å². The fourth-order valence-electron chi connectivity index (χ4n) is 0.848. The minimum Gasteiger partial charge on any atom is -0.339 e. The topological polar surface area (TPSA) is 46.1 Å². The number of hydrogen-bond acceptors (Lipinski definition) is 3. The second-order valence-electron chi connectivity index (χ2n) is 3.14. The highest BCUT2D eigenvalue weighted by Gasteiger charge is 2.13. The van der Waals surface area contributed by atoms with Gasteiger partial charge in [-0.3, -0.25) is 4.79 Å². The first-order chi connectivity index (χ1) is 6.13. The van der Waals surface area contributed by atoms with Gasteiger partial charge in [0.15, 0.2) is 0 Å². The van der Waals surface area contributed by atoms with Gasteiger partial charge in [0.2, 0.25) is 0 Å². The van der Waals surface area contributed by atoms with Crippen LogP contribution in [0.2, 0.25) is 0 Å². The van der Waals surface area contributed by atoms with Crippen LogP contribution in [0.5, 0.6) is 0 Å². The third-order valence-corrected chi connectivity index (χ3v) is 1.90. The van der Waals surface area contributed by atoms with Crippen LogP contribution in [0, 0.1) is 0 Å². The maximum atomic E-state index is 11.6. The van der Waals surface area contributed by atoms with Crippen LogP contribution in [-0.2, 0) is 0 Å². The maximum Gasteiger partial charge on any atom is 0.256 e. The molecule has 0 aliphatic carbocycles. The van der Waals surface area contributed by atoms with E-state index in [1.54, 1.807) is 11.9 Å².